The number of halogens is 1. The van der Waals surface area contributed by atoms with E-state index in [0.717, 1.165) is 10.2 Å². The van der Waals surface area contributed by atoms with Crippen molar-refractivity contribution in [3.8, 4) is 0 Å². The molecule has 0 radical (unpaired) electrons. The van der Waals surface area contributed by atoms with E-state index in [4.69, 9.17) is 0 Å². The highest BCUT2D eigenvalue weighted by atomic mass is 79.9. The minimum Gasteiger partial charge on any atom is -0.334 e. The number of rotatable bonds is 3. The molecule has 2 N–H and O–H groups in total. The van der Waals surface area contributed by atoms with Gasteiger partial charge in [-0.1, -0.05) is 28.1 Å². The van der Waals surface area contributed by atoms with Crippen LogP contribution < -0.4 is 10.6 Å². The molecule has 1 aromatic rings. The lowest BCUT2D eigenvalue weighted by Gasteiger charge is -2.05. The first-order valence-corrected chi connectivity index (χ1v) is 4.93. The van der Waals surface area contributed by atoms with E-state index in [9.17, 15) is 4.79 Å². The van der Waals surface area contributed by atoms with Gasteiger partial charge >= 0.3 is 6.03 Å². The number of carbonyl (C=O) groups is 1. The Morgan fingerprint density at radius 1 is 1.57 bits per heavy atom. The molecule has 0 saturated carbocycles. The van der Waals surface area contributed by atoms with Crippen LogP contribution in [0.3, 0.4) is 0 Å². The highest BCUT2D eigenvalue weighted by Gasteiger charge is 1.99. The van der Waals surface area contributed by atoms with E-state index in [2.05, 4.69) is 33.1 Å². The van der Waals surface area contributed by atoms with Crippen LogP contribution in [0, 0.1) is 0 Å². The van der Waals surface area contributed by atoms with Crippen LogP contribution >= 0.6 is 15.9 Å². The van der Waals surface area contributed by atoms with E-state index in [-0.39, 0.29) is 6.03 Å². The van der Waals surface area contributed by atoms with Crippen LogP contribution in [0.4, 0.5) is 10.5 Å². The number of amides is 2. The Morgan fingerprint density at radius 3 is 3.00 bits per heavy atom. The van der Waals surface area contributed by atoms with Crippen LogP contribution in [0.15, 0.2) is 41.4 Å². The monoisotopic (exact) mass is 254 g/mol. The first kappa shape index (κ1) is 10.8. The molecule has 0 bridgehead atoms. The molecule has 0 aliphatic rings. The molecule has 0 spiro atoms. The zero-order valence-corrected chi connectivity index (χ0v) is 9.17. The molecule has 2 amide bonds. The Kier molecular flexibility index (Phi) is 4.19. The number of hydrogen-bond acceptors (Lipinski definition) is 1. The molecule has 0 saturated heterocycles. The third kappa shape index (κ3) is 3.62. The summed E-state index contributed by atoms with van der Waals surface area (Å²) < 4.78 is 0.930. The summed E-state index contributed by atoms with van der Waals surface area (Å²) in [5.41, 5.74) is 0.751. The van der Waals surface area contributed by atoms with Crippen molar-refractivity contribution >= 4 is 27.6 Å². The zero-order valence-electron chi connectivity index (χ0n) is 7.59. The van der Waals surface area contributed by atoms with Gasteiger partial charge in [-0.2, -0.15) is 0 Å². The first-order chi connectivity index (χ1) is 6.72. The second-order valence-electron chi connectivity index (χ2n) is 2.63. The molecule has 0 aliphatic heterocycles. The van der Waals surface area contributed by atoms with Crippen molar-refractivity contribution in [1.82, 2.24) is 5.32 Å². The Balaban J connectivity index is 2.51. The van der Waals surface area contributed by atoms with Crippen molar-refractivity contribution in [3.05, 3.63) is 41.4 Å². The lowest BCUT2D eigenvalue weighted by atomic mass is 10.3. The molecule has 1 aromatic carbocycles. The van der Waals surface area contributed by atoms with E-state index < -0.39 is 0 Å². The van der Waals surface area contributed by atoms with Crippen LogP contribution in [-0.4, -0.2) is 12.6 Å². The summed E-state index contributed by atoms with van der Waals surface area (Å²) in [5, 5.41) is 5.31. The summed E-state index contributed by atoms with van der Waals surface area (Å²) in [6, 6.07) is 7.16. The number of nitrogens with one attached hydrogen (secondary N) is 2. The highest BCUT2D eigenvalue weighted by Crippen LogP contribution is 2.15. The quantitative estimate of drug-likeness (QED) is 0.801. The molecule has 3 nitrogen and oxygen atoms in total. The number of hydrogen-bond donors (Lipinski definition) is 2. The summed E-state index contributed by atoms with van der Waals surface area (Å²) >= 11 is 3.32. The van der Waals surface area contributed by atoms with Crippen LogP contribution in [0.1, 0.15) is 0 Å². The van der Waals surface area contributed by atoms with Gasteiger partial charge in [0.05, 0.1) is 0 Å². The summed E-state index contributed by atoms with van der Waals surface area (Å²) in [5.74, 6) is 0. The van der Waals surface area contributed by atoms with Gasteiger partial charge in [0.25, 0.3) is 0 Å². The van der Waals surface area contributed by atoms with Crippen LogP contribution in [0.25, 0.3) is 0 Å². The van der Waals surface area contributed by atoms with Crippen molar-refractivity contribution in [2.24, 2.45) is 0 Å². The molecule has 0 unspecified atom stereocenters. The Bertz CT molecular complexity index is 339. The average Bonchev–Trinajstić information content (AvgIpc) is 2.15. The Hall–Kier alpha value is -1.29. The van der Waals surface area contributed by atoms with Gasteiger partial charge in [0, 0.05) is 16.7 Å². The molecule has 0 aliphatic carbocycles. The van der Waals surface area contributed by atoms with Crippen LogP contribution in [-0.2, 0) is 0 Å². The van der Waals surface area contributed by atoms with Crippen LogP contribution in [0.2, 0.25) is 0 Å². The zero-order chi connectivity index (χ0) is 10.4. The second kappa shape index (κ2) is 5.44. The second-order valence-corrected chi connectivity index (χ2v) is 3.55. The van der Waals surface area contributed by atoms with Gasteiger partial charge in [0.1, 0.15) is 0 Å². The maximum absolute atomic E-state index is 11.2. The predicted molar refractivity (Wildman–Crippen MR) is 61.4 cm³/mol. The van der Waals surface area contributed by atoms with Crippen molar-refractivity contribution in [2.45, 2.75) is 0 Å². The maximum atomic E-state index is 11.2. The van der Waals surface area contributed by atoms with E-state index in [1.54, 1.807) is 6.08 Å². The first-order valence-electron chi connectivity index (χ1n) is 4.13. The summed E-state index contributed by atoms with van der Waals surface area (Å²) in [7, 11) is 0. The fraction of sp³-hybridized carbons (Fsp3) is 0.100. The van der Waals surface area contributed by atoms with Crippen LogP contribution in [0.5, 0.6) is 0 Å². The lowest BCUT2D eigenvalue weighted by Crippen LogP contribution is -2.28. The molecule has 0 aromatic heterocycles. The standard InChI is InChI=1S/C10H11BrN2O/c1-2-6-12-10(14)13-9-5-3-4-8(11)7-9/h2-5,7H,1,6H2,(H2,12,13,14). The predicted octanol–water partition coefficient (Wildman–Crippen LogP) is 2.76. The molecule has 14 heavy (non-hydrogen) atoms. The minimum absolute atomic E-state index is 0.233. The van der Waals surface area contributed by atoms with Gasteiger partial charge in [0.15, 0.2) is 0 Å². The molecule has 0 fully saturated rings. The van der Waals surface area contributed by atoms with Crippen molar-refractivity contribution in [1.29, 1.82) is 0 Å². The molecule has 4 heteroatoms. The smallest absolute Gasteiger partial charge is 0.319 e. The SMILES string of the molecule is C=CCNC(=O)Nc1cccc(Br)c1. The fourth-order valence-corrected chi connectivity index (χ4v) is 1.31. The normalized spacial score (nSPS) is 9.21. The van der Waals surface area contributed by atoms with Crippen molar-refractivity contribution in [2.75, 3.05) is 11.9 Å². The van der Waals surface area contributed by atoms with Gasteiger partial charge in [-0.25, -0.2) is 4.79 Å². The van der Waals surface area contributed by atoms with Crippen molar-refractivity contribution in [3.63, 3.8) is 0 Å². The fourth-order valence-electron chi connectivity index (χ4n) is 0.906. The third-order valence-electron chi connectivity index (χ3n) is 1.49. The van der Waals surface area contributed by atoms with Gasteiger partial charge in [-0.15, -0.1) is 6.58 Å². The van der Waals surface area contributed by atoms with E-state index >= 15 is 0 Å². The molecule has 0 atom stereocenters. The molecule has 1 rings (SSSR count). The van der Waals surface area contributed by atoms with E-state index in [1.807, 2.05) is 24.3 Å². The Labute approximate surface area is 91.3 Å². The van der Waals surface area contributed by atoms with Gasteiger partial charge < -0.3 is 10.6 Å². The number of carbonyl (C=O) groups excluding carboxylic acids is 1. The van der Waals surface area contributed by atoms with Gasteiger partial charge in [-0.3, -0.25) is 0 Å². The molecular weight excluding hydrogens is 244 g/mol. The van der Waals surface area contributed by atoms with Crippen molar-refractivity contribution < 1.29 is 4.79 Å². The topological polar surface area (TPSA) is 41.1 Å². The maximum Gasteiger partial charge on any atom is 0.319 e. The average molecular weight is 255 g/mol. The third-order valence-corrected chi connectivity index (χ3v) is 1.98. The lowest BCUT2D eigenvalue weighted by molar-refractivity contribution is 0.253. The van der Waals surface area contributed by atoms with Gasteiger partial charge in [0.2, 0.25) is 0 Å². The van der Waals surface area contributed by atoms with E-state index in [1.165, 1.54) is 0 Å². The summed E-state index contributed by atoms with van der Waals surface area (Å²) in [6.45, 7) is 3.96. The number of anilines is 1. The number of urea groups is 1. The van der Waals surface area contributed by atoms with Gasteiger partial charge in [-0.05, 0) is 18.2 Å². The molecule has 74 valence electrons. The molecule has 0 heterocycles. The Morgan fingerprint density at radius 2 is 2.36 bits per heavy atom. The summed E-state index contributed by atoms with van der Waals surface area (Å²) in [4.78, 5) is 11.2. The largest absolute Gasteiger partial charge is 0.334 e. The number of benzene rings is 1. The van der Waals surface area contributed by atoms with E-state index in [0.29, 0.717) is 6.54 Å². The molecular formula is C10H11BrN2O. The highest BCUT2D eigenvalue weighted by molar-refractivity contribution is 9.10. The minimum atomic E-state index is -0.233. The summed E-state index contributed by atoms with van der Waals surface area (Å²) in [6.07, 6.45) is 1.63.